The molecule has 2 rings (SSSR count). The average Bonchev–Trinajstić information content (AvgIpc) is 2.40. The van der Waals surface area contributed by atoms with Crippen molar-refractivity contribution in [3.8, 4) is 0 Å². The van der Waals surface area contributed by atoms with Gasteiger partial charge in [0, 0.05) is 16.3 Å². The van der Waals surface area contributed by atoms with Gasteiger partial charge in [-0.2, -0.15) is 0 Å². The van der Waals surface area contributed by atoms with Crippen LogP contribution in [0.2, 0.25) is 0 Å². The maximum atomic E-state index is 5.58. The van der Waals surface area contributed by atoms with Gasteiger partial charge in [0.1, 0.15) is 0 Å². The topological polar surface area (TPSA) is 26.0 Å². The number of benzene rings is 2. The van der Waals surface area contributed by atoms with Gasteiger partial charge in [-0.05, 0) is 41.8 Å². The van der Waals surface area contributed by atoms with E-state index in [-0.39, 0.29) is 0 Å². The van der Waals surface area contributed by atoms with Gasteiger partial charge in [-0.1, -0.05) is 43.0 Å². The number of hydrogen-bond acceptors (Lipinski definition) is 2. The van der Waals surface area contributed by atoms with E-state index in [0.717, 1.165) is 6.42 Å². The van der Waals surface area contributed by atoms with E-state index in [9.17, 15) is 0 Å². The fourth-order valence-electron chi connectivity index (χ4n) is 1.62. The molecule has 2 aromatic carbocycles. The van der Waals surface area contributed by atoms with Gasteiger partial charge in [-0.25, -0.2) is 0 Å². The number of aryl methyl sites for hydroxylation is 1. The molecule has 0 aliphatic heterocycles. The first-order valence-corrected chi connectivity index (χ1v) is 6.69. The second-order valence-electron chi connectivity index (χ2n) is 3.95. The van der Waals surface area contributed by atoms with E-state index in [1.165, 1.54) is 20.9 Å². The second kappa shape index (κ2) is 5.89. The first kappa shape index (κ1) is 12.2. The van der Waals surface area contributed by atoms with Gasteiger partial charge in [0.15, 0.2) is 0 Å². The predicted octanol–water partition coefficient (Wildman–Crippen LogP) is 3.86. The molecule has 0 bridgehead atoms. The minimum Gasteiger partial charge on any atom is -0.326 e. The van der Waals surface area contributed by atoms with Crippen LogP contribution in [-0.2, 0) is 13.0 Å². The number of hydrogen-bond donors (Lipinski definition) is 1. The quantitative estimate of drug-likeness (QED) is 0.882. The fraction of sp³-hybridized carbons (Fsp3) is 0.200. The summed E-state index contributed by atoms with van der Waals surface area (Å²) in [4.78, 5) is 2.54. The van der Waals surface area contributed by atoms with Crippen LogP contribution in [0.25, 0.3) is 0 Å². The highest BCUT2D eigenvalue weighted by Crippen LogP contribution is 2.27. The summed E-state index contributed by atoms with van der Waals surface area (Å²) >= 11 is 1.79. The Labute approximate surface area is 107 Å². The van der Waals surface area contributed by atoms with Gasteiger partial charge in [0.05, 0.1) is 0 Å². The van der Waals surface area contributed by atoms with Gasteiger partial charge < -0.3 is 5.73 Å². The maximum Gasteiger partial charge on any atom is 0.0178 e. The third kappa shape index (κ3) is 3.35. The van der Waals surface area contributed by atoms with Crippen molar-refractivity contribution in [3.05, 3.63) is 59.7 Å². The van der Waals surface area contributed by atoms with Crippen molar-refractivity contribution in [1.29, 1.82) is 0 Å². The summed E-state index contributed by atoms with van der Waals surface area (Å²) in [6, 6.07) is 17.2. The van der Waals surface area contributed by atoms with Crippen molar-refractivity contribution < 1.29 is 0 Å². The van der Waals surface area contributed by atoms with Crippen molar-refractivity contribution in [2.75, 3.05) is 0 Å². The maximum absolute atomic E-state index is 5.58. The molecule has 0 heterocycles. The second-order valence-corrected chi connectivity index (χ2v) is 5.09. The van der Waals surface area contributed by atoms with Crippen molar-refractivity contribution >= 4 is 11.8 Å². The molecule has 2 aromatic rings. The first-order valence-electron chi connectivity index (χ1n) is 5.87. The molecule has 0 aliphatic rings. The summed E-state index contributed by atoms with van der Waals surface area (Å²) in [5, 5.41) is 0. The van der Waals surface area contributed by atoms with E-state index in [1.54, 1.807) is 11.8 Å². The molecule has 0 atom stereocenters. The third-order valence-corrected chi connectivity index (χ3v) is 3.74. The van der Waals surface area contributed by atoms with E-state index in [0.29, 0.717) is 6.54 Å². The van der Waals surface area contributed by atoms with E-state index in [4.69, 9.17) is 5.73 Å². The van der Waals surface area contributed by atoms with Gasteiger partial charge in [0.25, 0.3) is 0 Å². The SMILES string of the molecule is CCc1ccc(Sc2ccc(CN)cc2)cc1. The zero-order valence-electron chi connectivity index (χ0n) is 10.0. The summed E-state index contributed by atoms with van der Waals surface area (Å²) < 4.78 is 0. The molecule has 0 unspecified atom stereocenters. The summed E-state index contributed by atoms with van der Waals surface area (Å²) in [6.07, 6.45) is 1.09. The molecule has 0 saturated carbocycles. The van der Waals surface area contributed by atoms with Crippen LogP contribution in [0.15, 0.2) is 58.3 Å². The van der Waals surface area contributed by atoms with Crippen LogP contribution in [0.4, 0.5) is 0 Å². The van der Waals surface area contributed by atoms with Crippen LogP contribution in [0, 0.1) is 0 Å². The van der Waals surface area contributed by atoms with Gasteiger partial charge in [0.2, 0.25) is 0 Å². The number of nitrogens with two attached hydrogens (primary N) is 1. The Morgan fingerprint density at radius 3 is 1.71 bits per heavy atom. The lowest BCUT2D eigenvalue weighted by atomic mass is 10.2. The Hall–Kier alpha value is -1.25. The van der Waals surface area contributed by atoms with E-state index in [1.807, 2.05) is 0 Å². The molecule has 88 valence electrons. The standard InChI is InChI=1S/C15H17NS/c1-2-12-3-7-14(8-4-12)17-15-9-5-13(11-16)6-10-15/h3-10H,2,11,16H2,1H3. The Bertz CT molecular complexity index is 414. The molecule has 0 amide bonds. The van der Waals surface area contributed by atoms with Gasteiger partial charge in [-0.3, -0.25) is 0 Å². The molecular formula is C15H17NS. The summed E-state index contributed by atoms with van der Waals surface area (Å²) in [5.74, 6) is 0. The summed E-state index contributed by atoms with van der Waals surface area (Å²) in [5.41, 5.74) is 8.14. The monoisotopic (exact) mass is 243 g/mol. The van der Waals surface area contributed by atoms with Gasteiger partial charge in [-0.15, -0.1) is 0 Å². The van der Waals surface area contributed by atoms with Gasteiger partial charge >= 0.3 is 0 Å². The van der Waals surface area contributed by atoms with E-state index < -0.39 is 0 Å². The molecule has 0 radical (unpaired) electrons. The summed E-state index contributed by atoms with van der Waals surface area (Å²) in [6.45, 7) is 2.78. The zero-order valence-corrected chi connectivity index (χ0v) is 10.8. The average molecular weight is 243 g/mol. The minimum atomic E-state index is 0.607. The number of rotatable bonds is 4. The summed E-state index contributed by atoms with van der Waals surface area (Å²) in [7, 11) is 0. The molecule has 2 N–H and O–H groups in total. The van der Waals surface area contributed by atoms with Crippen molar-refractivity contribution in [2.45, 2.75) is 29.7 Å². The van der Waals surface area contributed by atoms with Crippen LogP contribution < -0.4 is 5.73 Å². The van der Waals surface area contributed by atoms with Crippen LogP contribution in [0.5, 0.6) is 0 Å². The smallest absolute Gasteiger partial charge is 0.0178 e. The Balaban J connectivity index is 2.08. The molecule has 0 fully saturated rings. The Morgan fingerprint density at radius 2 is 1.29 bits per heavy atom. The molecule has 2 heteroatoms. The van der Waals surface area contributed by atoms with E-state index >= 15 is 0 Å². The predicted molar refractivity (Wildman–Crippen MR) is 74.3 cm³/mol. The Morgan fingerprint density at radius 1 is 0.824 bits per heavy atom. The normalized spacial score (nSPS) is 10.5. The third-order valence-electron chi connectivity index (χ3n) is 2.73. The molecule has 1 nitrogen and oxygen atoms in total. The molecule has 0 saturated heterocycles. The lowest BCUT2D eigenvalue weighted by Crippen LogP contribution is -1.94. The van der Waals surface area contributed by atoms with Crippen LogP contribution in [0.1, 0.15) is 18.1 Å². The van der Waals surface area contributed by atoms with Crippen LogP contribution >= 0.6 is 11.8 Å². The van der Waals surface area contributed by atoms with Crippen molar-refractivity contribution in [1.82, 2.24) is 0 Å². The van der Waals surface area contributed by atoms with Crippen LogP contribution in [-0.4, -0.2) is 0 Å². The lowest BCUT2D eigenvalue weighted by Gasteiger charge is -2.04. The van der Waals surface area contributed by atoms with Crippen molar-refractivity contribution in [3.63, 3.8) is 0 Å². The highest BCUT2D eigenvalue weighted by Gasteiger charge is 1.98. The molecule has 0 aromatic heterocycles. The largest absolute Gasteiger partial charge is 0.326 e. The van der Waals surface area contributed by atoms with Crippen molar-refractivity contribution in [2.24, 2.45) is 5.73 Å². The van der Waals surface area contributed by atoms with Crippen LogP contribution in [0.3, 0.4) is 0 Å². The van der Waals surface area contributed by atoms with E-state index in [2.05, 4.69) is 55.5 Å². The Kier molecular flexibility index (Phi) is 4.24. The molecular weight excluding hydrogens is 226 g/mol. The highest BCUT2D eigenvalue weighted by molar-refractivity contribution is 7.99. The first-order chi connectivity index (χ1) is 8.31. The molecule has 0 spiro atoms. The fourth-order valence-corrected chi connectivity index (χ4v) is 2.44. The molecule has 17 heavy (non-hydrogen) atoms. The zero-order chi connectivity index (χ0) is 12.1. The molecule has 0 aliphatic carbocycles. The minimum absolute atomic E-state index is 0.607. The lowest BCUT2D eigenvalue weighted by molar-refractivity contribution is 1.07. The highest BCUT2D eigenvalue weighted by atomic mass is 32.2.